The molecule has 1 amide bonds. The Morgan fingerprint density at radius 3 is 2.76 bits per heavy atom. The van der Waals surface area contributed by atoms with Crippen LogP contribution in [0.1, 0.15) is 6.42 Å². The lowest BCUT2D eigenvalue weighted by Crippen LogP contribution is -2.23. The summed E-state index contributed by atoms with van der Waals surface area (Å²) in [5, 5.41) is 0.223. The first kappa shape index (κ1) is 13.6. The molecule has 0 saturated carbocycles. The highest BCUT2D eigenvalue weighted by atomic mass is 35.5. The number of halogens is 2. The fourth-order valence-corrected chi connectivity index (χ4v) is 1.35. The van der Waals surface area contributed by atoms with E-state index in [1.165, 1.54) is 11.0 Å². The number of hydrogen-bond acceptors (Lipinski definition) is 3. The van der Waals surface area contributed by atoms with Gasteiger partial charge in [0.05, 0.1) is 23.7 Å². The summed E-state index contributed by atoms with van der Waals surface area (Å²) in [6.45, 7) is 0.139. The van der Waals surface area contributed by atoms with E-state index in [1.807, 2.05) is 0 Å². The van der Waals surface area contributed by atoms with E-state index in [2.05, 4.69) is 0 Å². The summed E-state index contributed by atoms with van der Waals surface area (Å²) in [6.07, 6.45) is 0.204. The summed E-state index contributed by atoms with van der Waals surface area (Å²) in [6, 6.07) is 2.39. The van der Waals surface area contributed by atoms with Crippen molar-refractivity contribution in [2.24, 2.45) is 0 Å². The molecule has 0 aliphatic heterocycles. The molecule has 0 fully saturated rings. The first-order valence-electron chi connectivity index (χ1n) is 4.99. The molecular formula is C11H14ClFN2O2. The first-order valence-corrected chi connectivity index (χ1v) is 5.37. The third kappa shape index (κ3) is 3.78. The standard InChI is InChI=1S/C11H14ClFN2O2/c1-15(2)11(16)3-4-17-10-6-8(13)9(14)5-7(10)12/h5-6H,3-4,14H2,1-2H3. The second-order valence-electron chi connectivity index (χ2n) is 3.69. The topological polar surface area (TPSA) is 55.6 Å². The second-order valence-corrected chi connectivity index (χ2v) is 4.10. The second kappa shape index (κ2) is 5.72. The van der Waals surface area contributed by atoms with Crippen molar-refractivity contribution >= 4 is 23.2 Å². The molecule has 0 atom stereocenters. The number of nitrogens with zero attached hydrogens (tertiary/aromatic N) is 1. The van der Waals surface area contributed by atoms with Gasteiger partial charge in [0, 0.05) is 20.2 Å². The number of carbonyl (C=O) groups is 1. The van der Waals surface area contributed by atoms with Gasteiger partial charge in [-0.1, -0.05) is 11.6 Å². The fourth-order valence-electron chi connectivity index (χ4n) is 1.13. The maximum absolute atomic E-state index is 13.1. The van der Waals surface area contributed by atoms with Gasteiger partial charge in [0.2, 0.25) is 5.91 Å². The SMILES string of the molecule is CN(C)C(=O)CCOc1cc(F)c(N)cc1Cl. The van der Waals surface area contributed by atoms with Gasteiger partial charge in [-0.3, -0.25) is 4.79 Å². The molecule has 0 saturated heterocycles. The molecule has 0 spiro atoms. The van der Waals surface area contributed by atoms with Gasteiger partial charge in [0.25, 0.3) is 0 Å². The van der Waals surface area contributed by atoms with Crippen molar-refractivity contribution in [1.82, 2.24) is 4.90 Å². The molecular weight excluding hydrogens is 247 g/mol. The van der Waals surface area contributed by atoms with Gasteiger partial charge in [-0.25, -0.2) is 4.39 Å². The summed E-state index contributed by atoms with van der Waals surface area (Å²) >= 11 is 5.81. The molecule has 0 heterocycles. The molecule has 1 aromatic rings. The first-order chi connectivity index (χ1) is 7.91. The number of rotatable bonds is 4. The van der Waals surface area contributed by atoms with Crippen LogP contribution in [-0.4, -0.2) is 31.5 Å². The summed E-state index contributed by atoms with van der Waals surface area (Å²) in [5.74, 6) is -0.481. The molecule has 0 aliphatic carbocycles. The van der Waals surface area contributed by atoms with Gasteiger partial charge in [-0.15, -0.1) is 0 Å². The van der Waals surface area contributed by atoms with Gasteiger partial charge in [0.15, 0.2) is 0 Å². The van der Waals surface area contributed by atoms with E-state index < -0.39 is 5.82 Å². The number of hydrogen-bond donors (Lipinski definition) is 1. The number of benzene rings is 1. The number of ether oxygens (including phenoxy) is 1. The zero-order chi connectivity index (χ0) is 13.0. The van der Waals surface area contributed by atoms with Gasteiger partial charge >= 0.3 is 0 Å². The Morgan fingerprint density at radius 2 is 2.18 bits per heavy atom. The van der Waals surface area contributed by atoms with Gasteiger partial charge in [-0.2, -0.15) is 0 Å². The lowest BCUT2D eigenvalue weighted by Gasteiger charge is -2.12. The minimum Gasteiger partial charge on any atom is -0.491 e. The highest BCUT2D eigenvalue weighted by Gasteiger charge is 2.09. The van der Waals surface area contributed by atoms with E-state index in [1.54, 1.807) is 14.1 Å². The smallest absolute Gasteiger partial charge is 0.225 e. The number of amides is 1. The Kier molecular flexibility index (Phi) is 4.57. The number of nitrogens with two attached hydrogens (primary N) is 1. The minimum atomic E-state index is -0.594. The molecule has 17 heavy (non-hydrogen) atoms. The lowest BCUT2D eigenvalue weighted by molar-refractivity contribution is -0.129. The Labute approximate surface area is 104 Å². The molecule has 4 nitrogen and oxygen atoms in total. The largest absolute Gasteiger partial charge is 0.491 e. The zero-order valence-corrected chi connectivity index (χ0v) is 10.4. The van der Waals surface area contributed by atoms with Crippen molar-refractivity contribution in [3.63, 3.8) is 0 Å². The predicted octanol–water partition coefficient (Wildman–Crippen LogP) is 1.92. The number of nitrogen functional groups attached to an aromatic ring is 1. The maximum atomic E-state index is 13.1. The highest BCUT2D eigenvalue weighted by molar-refractivity contribution is 6.32. The average molecular weight is 261 g/mol. The van der Waals surface area contributed by atoms with Gasteiger partial charge < -0.3 is 15.4 Å². The van der Waals surface area contributed by atoms with Crippen LogP contribution in [0.3, 0.4) is 0 Å². The molecule has 1 rings (SSSR count). The Bertz CT molecular complexity index is 424. The van der Waals surface area contributed by atoms with Crippen LogP contribution < -0.4 is 10.5 Å². The number of carbonyl (C=O) groups excluding carboxylic acids is 1. The lowest BCUT2D eigenvalue weighted by atomic mass is 10.3. The molecule has 6 heteroatoms. The van der Waals surface area contributed by atoms with Crippen molar-refractivity contribution < 1.29 is 13.9 Å². The normalized spacial score (nSPS) is 10.1. The highest BCUT2D eigenvalue weighted by Crippen LogP contribution is 2.28. The Morgan fingerprint density at radius 1 is 1.53 bits per heavy atom. The summed E-state index contributed by atoms with van der Waals surface area (Å²) in [4.78, 5) is 12.7. The third-order valence-electron chi connectivity index (χ3n) is 2.12. The Hall–Kier alpha value is -1.49. The summed E-state index contributed by atoms with van der Waals surface area (Å²) in [5.41, 5.74) is 5.29. The molecule has 0 aromatic heterocycles. The maximum Gasteiger partial charge on any atom is 0.225 e. The summed E-state index contributed by atoms with van der Waals surface area (Å²) in [7, 11) is 3.30. The molecule has 0 radical (unpaired) electrons. The van der Waals surface area contributed by atoms with Crippen molar-refractivity contribution in [3.8, 4) is 5.75 Å². The van der Waals surface area contributed by atoms with Crippen LogP contribution in [0.2, 0.25) is 5.02 Å². The van der Waals surface area contributed by atoms with Gasteiger partial charge in [0.1, 0.15) is 11.6 Å². The van der Waals surface area contributed by atoms with E-state index in [0.29, 0.717) is 0 Å². The van der Waals surface area contributed by atoms with Crippen LogP contribution >= 0.6 is 11.6 Å². The van der Waals surface area contributed by atoms with E-state index in [4.69, 9.17) is 22.1 Å². The molecule has 94 valence electrons. The van der Waals surface area contributed by atoms with Gasteiger partial charge in [-0.05, 0) is 6.07 Å². The van der Waals surface area contributed by atoms with E-state index in [0.717, 1.165) is 6.07 Å². The van der Waals surface area contributed by atoms with Crippen LogP contribution in [-0.2, 0) is 4.79 Å². The molecule has 0 bridgehead atoms. The van der Waals surface area contributed by atoms with Crippen LogP contribution in [0.5, 0.6) is 5.75 Å². The minimum absolute atomic E-state index is 0.0354. The Balaban J connectivity index is 2.58. The number of anilines is 1. The van der Waals surface area contributed by atoms with Crippen molar-refractivity contribution in [2.75, 3.05) is 26.4 Å². The quantitative estimate of drug-likeness (QED) is 0.842. The molecule has 0 aliphatic rings. The molecule has 1 aromatic carbocycles. The monoisotopic (exact) mass is 260 g/mol. The third-order valence-corrected chi connectivity index (χ3v) is 2.42. The van der Waals surface area contributed by atoms with Crippen molar-refractivity contribution in [1.29, 1.82) is 0 Å². The van der Waals surface area contributed by atoms with Crippen molar-refractivity contribution in [2.45, 2.75) is 6.42 Å². The zero-order valence-electron chi connectivity index (χ0n) is 9.67. The van der Waals surface area contributed by atoms with Crippen LogP contribution in [0.25, 0.3) is 0 Å². The van der Waals surface area contributed by atoms with Crippen LogP contribution in [0.15, 0.2) is 12.1 Å². The summed E-state index contributed by atoms with van der Waals surface area (Å²) < 4.78 is 18.4. The fraction of sp³-hybridized carbons (Fsp3) is 0.364. The van der Waals surface area contributed by atoms with E-state index in [9.17, 15) is 9.18 Å². The van der Waals surface area contributed by atoms with E-state index in [-0.39, 0.29) is 35.4 Å². The van der Waals surface area contributed by atoms with E-state index >= 15 is 0 Å². The predicted molar refractivity (Wildman–Crippen MR) is 64.6 cm³/mol. The average Bonchev–Trinajstić information content (AvgIpc) is 2.25. The van der Waals surface area contributed by atoms with Crippen LogP contribution in [0.4, 0.5) is 10.1 Å². The van der Waals surface area contributed by atoms with Crippen molar-refractivity contribution in [3.05, 3.63) is 23.0 Å². The van der Waals surface area contributed by atoms with Crippen LogP contribution in [0, 0.1) is 5.82 Å². The molecule has 0 unspecified atom stereocenters. The molecule has 2 N–H and O–H groups in total.